The van der Waals surface area contributed by atoms with Crippen LogP contribution in [0.4, 0.5) is 4.39 Å². The summed E-state index contributed by atoms with van der Waals surface area (Å²) in [6.07, 6.45) is 0. The van der Waals surface area contributed by atoms with Crippen molar-refractivity contribution < 1.29 is 9.18 Å². The van der Waals surface area contributed by atoms with Gasteiger partial charge >= 0.3 is 0 Å². The van der Waals surface area contributed by atoms with Crippen LogP contribution in [-0.4, -0.2) is 5.78 Å². The van der Waals surface area contributed by atoms with Crippen molar-refractivity contribution in [1.29, 1.82) is 0 Å². The lowest BCUT2D eigenvalue weighted by atomic mass is 10.1. The molecule has 0 heterocycles. The molecule has 0 aliphatic rings. The van der Waals surface area contributed by atoms with E-state index in [2.05, 4.69) is 15.9 Å². The highest BCUT2D eigenvalue weighted by atomic mass is 79.9. The van der Waals surface area contributed by atoms with Crippen LogP contribution in [0.15, 0.2) is 16.6 Å². The molecular weight excluding hydrogens is 223 g/mol. The Hall–Kier alpha value is -0.700. The number of hydrogen-bond acceptors (Lipinski definition) is 1. The zero-order valence-electron chi connectivity index (χ0n) is 6.82. The summed E-state index contributed by atoms with van der Waals surface area (Å²) in [5, 5.41) is 0. The van der Waals surface area contributed by atoms with Gasteiger partial charge in [-0.2, -0.15) is 0 Å². The number of aryl methyl sites for hydroxylation is 1. The van der Waals surface area contributed by atoms with Gasteiger partial charge in [-0.1, -0.05) is 0 Å². The van der Waals surface area contributed by atoms with Gasteiger partial charge in [-0.25, -0.2) is 4.39 Å². The zero-order chi connectivity index (χ0) is 9.30. The number of benzene rings is 1. The van der Waals surface area contributed by atoms with E-state index in [1.165, 1.54) is 13.0 Å². The topological polar surface area (TPSA) is 17.1 Å². The first kappa shape index (κ1) is 9.39. The quantitative estimate of drug-likeness (QED) is 0.678. The summed E-state index contributed by atoms with van der Waals surface area (Å²) < 4.78 is 13.4. The molecule has 0 amide bonds. The molecule has 0 spiro atoms. The van der Waals surface area contributed by atoms with Gasteiger partial charge in [0.2, 0.25) is 0 Å². The Kier molecular flexibility index (Phi) is 2.62. The van der Waals surface area contributed by atoms with Gasteiger partial charge in [-0.3, -0.25) is 4.79 Å². The van der Waals surface area contributed by atoms with Crippen molar-refractivity contribution in [2.75, 3.05) is 0 Å². The maximum Gasteiger partial charge on any atom is 0.159 e. The first-order valence-electron chi connectivity index (χ1n) is 3.49. The molecule has 0 saturated carbocycles. The fourth-order valence-corrected chi connectivity index (χ4v) is 1.49. The van der Waals surface area contributed by atoms with E-state index in [1.54, 1.807) is 13.0 Å². The van der Waals surface area contributed by atoms with Crippen LogP contribution in [0.3, 0.4) is 0 Å². The summed E-state index contributed by atoms with van der Waals surface area (Å²) in [7, 11) is 0. The molecule has 12 heavy (non-hydrogen) atoms. The van der Waals surface area contributed by atoms with E-state index in [-0.39, 0.29) is 11.6 Å². The molecule has 1 nitrogen and oxygen atoms in total. The smallest absolute Gasteiger partial charge is 0.159 e. The zero-order valence-corrected chi connectivity index (χ0v) is 8.40. The molecule has 0 saturated heterocycles. The van der Waals surface area contributed by atoms with Gasteiger partial charge < -0.3 is 0 Å². The molecule has 0 atom stereocenters. The van der Waals surface area contributed by atoms with Crippen LogP contribution in [-0.2, 0) is 0 Å². The molecule has 0 unspecified atom stereocenters. The van der Waals surface area contributed by atoms with Crippen molar-refractivity contribution in [3.63, 3.8) is 0 Å². The molecule has 0 aromatic heterocycles. The maximum absolute atomic E-state index is 13.0. The minimum atomic E-state index is -0.306. The standard InChI is InChI=1S/C9H8BrFO/c1-5-3-7(6(2)12)4-8(10)9(5)11/h3-4H,1-2H3. The predicted octanol–water partition coefficient (Wildman–Crippen LogP) is 3.10. The third-order valence-corrected chi connectivity index (χ3v) is 2.19. The van der Waals surface area contributed by atoms with Crippen LogP contribution in [0.2, 0.25) is 0 Å². The Labute approximate surface area is 78.7 Å². The maximum atomic E-state index is 13.0. The molecule has 0 bridgehead atoms. The largest absolute Gasteiger partial charge is 0.295 e. The Morgan fingerprint density at radius 3 is 2.50 bits per heavy atom. The third kappa shape index (κ3) is 1.72. The molecule has 0 radical (unpaired) electrons. The molecule has 0 aliphatic carbocycles. The highest BCUT2D eigenvalue weighted by molar-refractivity contribution is 9.10. The lowest BCUT2D eigenvalue weighted by molar-refractivity contribution is 0.101. The van der Waals surface area contributed by atoms with Gasteiger partial charge in [-0.15, -0.1) is 0 Å². The van der Waals surface area contributed by atoms with Gasteiger partial charge in [0.1, 0.15) is 5.82 Å². The van der Waals surface area contributed by atoms with E-state index in [0.717, 1.165) is 0 Å². The van der Waals surface area contributed by atoms with Gasteiger partial charge in [0.15, 0.2) is 5.78 Å². The van der Waals surface area contributed by atoms with Crippen LogP contribution >= 0.6 is 15.9 Å². The molecule has 64 valence electrons. The Bertz CT molecular complexity index is 310. The van der Waals surface area contributed by atoms with Gasteiger partial charge in [0.05, 0.1) is 4.47 Å². The molecule has 0 N–H and O–H groups in total. The summed E-state index contributed by atoms with van der Waals surface area (Å²) in [6.45, 7) is 3.09. The number of rotatable bonds is 1. The average molecular weight is 231 g/mol. The lowest BCUT2D eigenvalue weighted by Crippen LogP contribution is -1.95. The second-order valence-corrected chi connectivity index (χ2v) is 3.50. The number of hydrogen-bond donors (Lipinski definition) is 0. The minimum Gasteiger partial charge on any atom is -0.295 e. The summed E-state index contributed by atoms with van der Waals surface area (Å²) in [4.78, 5) is 10.9. The Balaban J connectivity index is 3.31. The average Bonchev–Trinajstić information content (AvgIpc) is 1.99. The normalized spacial score (nSPS) is 10.0. The van der Waals surface area contributed by atoms with Crippen LogP contribution in [0.1, 0.15) is 22.8 Å². The highest BCUT2D eigenvalue weighted by Gasteiger charge is 2.07. The Morgan fingerprint density at radius 2 is 2.08 bits per heavy atom. The van der Waals surface area contributed by atoms with Crippen molar-refractivity contribution in [1.82, 2.24) is 0 Å². The molecular formula is C9H8BrFO. The molecule has 3 heteroatoms. The van der Waals surface area contributed by atoms with E-state index in [0.29, 0.717) is 15.6 Å². The minimum absolute atomic E-state index is 0.0567. The number of halogens is 2. The van der Waals surface area contributed by atoms with Crippen molar-refractivity contribution in [2.45, 2.75) is 13.8 Å². The van der Waals surface area contributed by atoms with Crippen LogP contribution in [0.5, 0.6) is 0 Å². The second kappa shape index (κ2) is 3.35. The van der Waals surface area contributed by atoms with Crippen molar-refractivity contribution in [3.8, 4) is 0 Å². The summed E-state index contributed by atoms with van der Waals surface area (Å²) in [5.41, 5.74) is 1.01. The van der Waals surface area contributed by atoms with Crippen molar-refractivity contribution in [2.24, 2.45) is 0 Å². The number of Topliss-reactive ketones (excluding diaryl/α,β-unsaturated/α-hetero) is 1. The molecule has 0 fully saturated rings. The van der Waals surface area contributed by atoms with E-state index < -0.39 is 0 Å². The number of carbonyl (C=O) groups excluding carboxylic acids is 1. The van der Waals surface area contributed by atoms with Crippen LogP contribution in [0, 0.1) is 12.7 Å². The summed E-state index contributed by atoms with van der Waals surface area (Å²) in [6, 6.07) is 3.03. The fraction of sp³-hybridized carbons (Fsp3) is 0.222. The van der Waals surface area contributed by atoms with Crippen LogP contribution in [0.25, 0.3) is 0 Å². The van der Waals surface area contributed by atoms with Crippen LogP contribution < -0.4 is 0 Å². The first-order chi connectivity index (χ1) is 5.52. The second-order valence-electron chi connectivity index (χ2n) is 2.65. The molecule has 1 rings (SSSR count). The van der Waals surface area contributed by atoms with Gasteiger partial charge in [0.25, 0.3) is 0 Å². The van der Waals surface area contributed by atoms with Crippen molar-refractivity contribution in [3.05, 3.63) is 33.5 Å². The van der Waals surface area contributed by atoms with Gasteiger partial charge in [0, 0.05) is 5.56 Å². The molecule has 1 aromatic carbocycles. The Morgan fingerprint density at radius 1 is 1.50 bits per heavy atom. The fourth-order valence-electron chi connectivity index (χ4n) is 0.930. The summed E-state index contributed by atoms with van der Waals surface area (Å²) >= 11 is 3.04. The van der Waals surface area contributed by atoms with E-state index in [1.807, 2.05) is 0 Å². The lowest BCUT2D eigenvalue weighted by Gasteiger charge is -2.01. The van der Waals surface area contributed by atoms with Gasteiger partial charge in [-0.05, 0) is 47.5 Å². The van der Waals surface area contributed by atoms with Crippen molar-refractivity contribution >= 4 is 21.7 Å². The van der Waals surface area contributed by atoms with E-state index >= 15 is 0 Å². The number of carbonyl (C=O) groups is 1. The number of ketones is 1. The monoisotopic (exact) mass is 230 g/mol. The first-order valence-corrected chi connectivity index (χ1v) is 4.28. The molecule has 1 aromatic rings. The highest BCUT2D eigenvalue weighted by Crippen LogP contribution is 2.20. The predicted molar refractivity (Wildman–Crippen MR) is 48.8 cm³/mol. The summed E-state index contributed by atoms with van der Waals surface area (Å²) in [5.74, 6) is -0.362. The van der Waals surface area contributed by atoms with E-state index in [4.69, 9.17) is 0 Å². The third-order valence-electron chi connectivity index (χ3n) is 1.62. The van der Waals surface area contributed by atoms with E-state index in [9.17, 15) is 9.18 Å². The molecule has 0 aliphatic heterocycles. The SMILES string of the molecule is CC(=O)c1cc(C)c(F)c(Br)c1.